The minimum atomic E-state index is -1.08. The average Bonchev–Trinajstić information content (AvgIpc) is 2.89. The quantitative estimate of drug-likeness (QED) is 0.222. The van der Waals surface area contributed by atoms with Gasteiger partial charge in [0.1, 0.15) is 17.5 Å². The molecule has 0 saturated carbocycles. The van der Waals surface area contributed by atoms with E-state index in [-0.39, 0.29) is 45.2 Å². The molecular formula is C31H31Cl2F3N2O2. The number of nitrogens with zero attached hydrogens (tertiary/aromatic N) is 2. The lowest BCUT2D eigenvalue weighted by Crippen LogP contribution is -2.34. The van der Waals surface area contributed by atoms with E-state index in [1.54, 1.807) is 12.1 Å². The first kappa shape index (κ1) is 31.5. The van der Waals surface area contributed by atoms with Crippen LogP contribution in [-0.4, -0.2) is 31.1 Å². The molecule has 3 aromatic carbocycles. The van der Waals surface area contributed by atoms with Crippen LogP contribution in [0, 0.1) is 34.2 Å². The molecule has 2 atom stereocenters. The molecule has 0 aliphatic heterocycles. The number of carbonyl (C=O) groups is 1. The van der Waals surface area contributed by atoms with Gasteiger partial charge in [-0.05, 0) is 59.8 Å². The highest BCUT2D eigenvalue weighted by molar-refractivity contribution is 6.31. The van der Waals surface area contributed by atoms with E-state index in [9.17, 15) is 14.4 Å². The monoisotopic (exact) mass is 590 g/mol. The topological polar surface area (TPSA) is 53.3 Å². The van der Waals surface area contributed by atoms with E-state index in [0.29, 0.717) is 12.1 Å². The fourth-order valence-electron chi connectivity index (χ4n) is 4.52. The Balaban J connectivity index is 2.07. The molecule has 9 heteroatoms. The molecule has 0 aliphatic rings. The summed E-state index contributed by atoms with van der Waals surface area (Å²) in [6, 6.07) is 15.0. The van der Waals surface area contributed by atoms with E-state index in [0.717, 1.165) is 12.5 Å². The van der Waals surface area contributed by atoms with Crippen molar-refractivity contribution in [3.8, 4) is 6.07 Å². The number of methoxy groups -OCH3 is 1. The molecule has 212 valence electrons. The van der Waals surface area contributed by atoms with Crippen LogP contribution in [0.15, 0.2) is 54.6 Å². The van der Waals surface area contributed by atoms with Gasteiger partial charge in [0.05, 0.1) is 29.7 Å². The molecule has 4 nitrogen and oxygen atoms in total. The zero-order chi connectivity index (χ0) is 29.6. The van der Waals surface area contributed by atoms with Gasteiger partial charge in [-0.3, -0.25) is 4.90 Å². The van der Waals surface area contributed by atoms with Crippen LogP contribution in [0.4, 0.5) is 13.2 Å². The van der Waals surface area contributed by atoms with Crippen molar-refractivity contribution < 1.29 is 22.7 Å². The van der Waals surface area contributed by atoms with Crippen LogP contribution < -0.4 is 0 Å². The third-order valence-electron chi connectivity index (χ3n) is 6.70. The predicted octanol–water partition coefficient (Wildman–Crippen LogP) is 8.53. The maximum absolute atomic E-state index is 15.4. The van der Waals surface area contributed by atoms with E-state index < -0.39 is 35.3 Å². The van der Waals surface area contributed by atoms with Crippen LogP contribution in [0.3, 0.4) is 0 Å². The summed E-state index contributed by atoms with van der Waals surface area (Å²) in [5, 5.41) is 10.3. The molecule has 40 heavy (non-hydrogen) atoms. The molecule has 0 unspecified atom stereocenters. The molecule has 0 fully saturated rings. The summed E-state index contributed by atoms with van der Waals surface area (Å²) in [7, 11) is 1.17. The number of hydrogen-bond acceptors (Lipinski definition) is 4. The van der Waals surface area contributed by atoms with Crippen LogP contribution in [-0.2, 0) is 11.3 Å². The number of benzene rings is 3. The number of esters is 1. The van der Waals surface area contributed by atoms with E-state index in [4.69, 9.17) is 23.2 Å². The Labute approximate surface area is 243 Å². The number of rotatable bonds is 10. The number of ether oxygens (including phenoxy) is 1. The number of carbonyl (C=O) groups excluding carboxylic acids is 1. The molecule has 0 bridgehead atoms. The summed E-state index contributed by atoms with van der Waals surface area (Å²) in [5.41, 5.74) is 0.568. The SMILES string of the molecule is COC(=O)c1ccc(CN(CCC(C)(C)C)C[C@H](c2cccc(Cl)c2F)[C@@H](C#N)c2ccc(Cl)cc2F)cc1F. The van der Waals surface area contributed by atoms with Gasteiger partial charge in [0.25, 0.3) is 0 Å². The first-order valence-electron chi connectivity index (χ1n) is 12.7. The van der Waals surface area contributed by atoms with Gasteiger partial charge in [0, 0.05) is 29.6 Å². The second kappa shape index (κ2) is 13.5. The summed E-state index contributed by atoms with van der Waals surface area (Å²) in [6.45, 7) is 7.11. The van der Waals surface area contributed by atoms with E-state index in [1.165, 1.54) is 43.5 Å². The smallest absolute Gasteiger partial charge is 0.340 e. The van der Waals surface area contributed by atoms with Gasteiger partial charge < -0.3 is 4.74 Å². The lowest BCUT2D eigenvalue weighted by molar-refractivity contribution is 0.0595. The average molecular weight is 592 g/mol. The molecule has 0 aliphatic carbocycles. The summed E-state index contributed by atoms with van der Waals surface area (Å²) < 4.78 is 49.8. The van der Waals surface area contributed by atoms with Gasteiger partial charge in [-0.25, -0.2) is 18.0 Å². The molecular weight excluding hydrogens is 560 g/mol. The molecule has 0 spiro atoms. The molecule has 3 rings (SSSR count). The lowest BCUT2D eigenvalue weighted by Gasteiger charge is -2.33. The number of hydrogen-bond donors (Lipinski definition) is 0. The molecule has 0 N–H and O–H groups in total. The van der Waals surface area contributed by atoms with Crippen molar-refractivity contribution in [2.75, 3.05) is 20.2 Å². The molecule has 0 heterocycles. The first-order valence-corrected chi connectivity index (χ1v) is 13.5. The summed E-state index contributed by atoms with van der Waals surface area (Å²) in [5.74, 6) is -4.79. The largest absolute Gasteiger partial charge is 0.465 e. The fraction of sp³-hybridized carbons (Fsp3) is 0.355. The summed E-state index contributed by atoms with van der Waals surface area (Å²) in [4.78, 5) is 13.8. The highest BCUT2D eigenvalue weighted by Crippen LogP contribution is 2.38. The highest BCUT2D eigenvalue weighted by atomic mass is 35.5. The van der Waals surface area contributed by atoms with E-state index >= 15 is 8.78 Å². The van der Waals surface area contributed by atoms with Gasteiger partial charge in [-0.15, -0.1) is 0 Å². The molecule has 3 aromatic rings. The Morgan fingerprint density at radius 1 is 1.02 bits per heavy atom. The Morgan fingerprint density at radius 2 is 1.75 bits per heavy atom. The second-order valence-corrected chi connectivity index (χ2v) is 11.7. The van der Waals surface area contributed by atoms with Crippen LogP contribution >= 0.6 is 23.2 Å². The maximum Gasteiger partial charge on any atom is 0.340 e. The standard InChI is InChI=1S/C31H31Cl2F3N2O2/c1-31(2,3)12-13-38(17-19-8-10-23(27(34)14-19)30(39)40-4)18-25(22-6-5-7-26(33)29(22)36)24(16-37)21-11-9-20(32)15-28(21)35/h5-11,14-15,24-25H,12-13,17-18H2,1-4H3/t24-,25+/m0/s1. The van der Waals surface area contributed by atoms with Crippen molar-refractivity contribution >= 4 is 29.2 Å². The van der Waals surface area contributed by atoms with E-state index in [2.05, 4.69) is 31.6 Å². The Morgan fingerprint density at radius 3 is 2.35 bits per heavy atom. The second-order valence-electron chi connectivity index (χ2n) is 10.9. The van der Waals surface area contributed by atoms with Crippen LogP contribution in [0.5, 0.6) is 0 Å². The normalized spacial score (nSPS) is 13.1. The fourth-order valence-corrected chi connectivity index (χ4v) is 4.86. The van der Waals surface area contributed by atoms with Gasteiger partial charge >= 0.3 is 5.97 Å². The third-order valence-corrected chi connectivity index (χ3v) is 7.22. The van der Waals surface area contributed by atoms with Crippen molar-refractivity contribution in [3.63, 3.8) is 0 Å². The van der Waals surface area contributed by atoms with Gasteiger partial charge in [-0.1, -0.05) is 68.2 Å². The third kappa shape index (κ3) is 8.00. The Bertz CT molecular complexity index is 1400. The van der Waals surface area contributed by atoms with Crippen molar-refractivity contribution in [2.24, 2.45) is 5.41 Å². The lowest BCUT2D eigenvalue weighted by atomic mass is 9.81. The minimum absolute atomic E-state index is 0.0635. The number of nitriles is 1. The summed E-state index contributed by atoms with van der Waals surface area (Å²) >= 11 is 12.1. The highest BCUT2D eigenvalue weighted by Gasteiger charge is 2.32. The Kier molecular flexibility index (Phi) is 10.7. The molecule has 0 aromatic heterocycles. The molecule has 0 saturated heterocycles. The van der Waals surface area contributed by atoms with Gasteiger partial charge in [0.15, 0.2) is 0 Å². The first-order chi connectivity index (χ1) is 18.8. The van der Waals surface area contributed by atoms with E-state index in [1.807, 2.05) is 4.90 Å². The molecule has 0 radical (unpaired) electrons. The van der Waals surface area contributed by atoms with Crippen molar-refractivity contribution in [1.82, 2.24) is 4.90 Å². The maximum atomic E-state index is 15.4. The summed E-state index contributed by atoms with van der Waals surface area (Å²) in [6.07, 6.45) is 0.729. The number of halogens is 5. The van der Waals surface area contributed by atoms with Crippen LogP contribution in [0.2, 0.25) is 10.0 Å². The zero-order valence-electron chi connectivity index (χ0n) is 22.8. The predicted molar refractivity (Wildman–Crippen MR) is 151 cm³/mol. The Hall–Kier alpha value is -3.05. The minimum Gasteiger partial charge on any atom is -0.465 e. The molecule has 0 amide bonds. The van der Waals surface area contributed by atoms with Crippen molar-refractivity contribution in [3.05, 3.63) is 104 Å². The van der Waals surface area contributed by atoms with Gasteiger partial charge in [-0.2, -0.15) is 5.26 Å². The van der Waals surface area contributed by atoms with Crippen molar-refractivity contribution in [1.29, 1.82) is 5.26 Å². The van der Waals surface area contributed by atoms with Crippen LogP contribution in [0.25, 0.3) is 0 Å². The van der Waals surface area contributed by atoms with Gasteiger partial charge in [0.2, 0.25) is 0 Å². The zero-order valence-corrected chi connectivity index (χ0v) is 24.3. The van der Waals surface area contributed by atoms with Crippen LogP contribution in [0.1, 0.15) is 66.1 Å². The van der Waals surface area contributed by atoms with Crippen molar-refractivity contribution in [2.45, 2.75) is 45.6 Å².